The summed E-state index contributed by atoms with van der Waals surface area (Å²) in [6.07, 6.45) is 0.422. The van der Waals surface area contributed by atoms with E-state index < -0.39 is 5.97 Å². The molecule has 3 aromatic rings. The second kappa shape index (κ2) is 13.0. The molecule has 0 aliphatic carbocycles. The van der Waals surface area contributed by atoms with Gasteiger partial charge < -0.3 is 24.2 Å². The average Bonchev–Trinajstić information content (AvgIpc) is 2.85. The number of ether oxygens (including phenoxy) is 3. The van der Waals surface area contributed by atoms with E-state index in [1.165, 1.54) is 7.11 Å². The van der Waals surface area contributed by atoms with Crippen molar-refractivity contribution in [3.05, 3.63) is 89.5 Å². The van der Waals surface area contributed by atoms with E-state index in [1.54, 1.807) is 0 Å². The lowest BCUT2D eigenvalue weighted by atomic mass is 10.1. The lowest BCUT2D eigenvalue weighted by molar-refractivity contribution is -0.136. The molecule has 0 aromatic heterocycles. The summed E-state index contributed by atoms with van der Waals surface area (Å²) >= 11 is 0. The fraction of sp³-hybridized carbons (Fsp3) is 0.286. The molecular weight excluding hydrogens is 446 g/mol. The summed E-state index contributed by atoms with van der Waals surface area (Å²) < 4.78 is 17.7. The van der Waals surface area contributed by atoms with Crippen LogP contribution in [0.25, 0.3) is 0 Å². The predicted octanol–water partition coefficient (Wildman–Crippen LogP) is 5.50. The summed E-state index contributed by atoms with van der Waals surface area (Å²) in [5.41, 5.74) is 3.47. The third-order valence-electron chi connectivity index (χ3n) is 5.02. The third kappa shape index (κ3) is 8.37. The summed E-state index contributed by atoms with van der Waals surface area (Å²) in [6, 6.07) is 22.9. The molecule has 7 nitrogen and oxygen atoms in total. The highest BCUT2D eigenvalue weighted by Gasteiger charge is 2.11. The first-order valence-corrected chi connectivity index (χ1v) is 11.5. The van der Waals surface area contributed by atoms with Crippen molar-refractivity contribution >= 4 is 11.7 Å². The van der Waals surface area contributed by atoms with Crippen molar-refractivity contribution in [2.75, 3.05) is 13.7 Å². The molecule has 3 aromatic carbocycles. The van der Waals surface area contributed by atoms with Gasteiger partial charge in [0, 0.05) is 18.1 Å². The summed E-state index contributed by atoms with van der Waals surface area (Å²) in [7, 11) is 1.51. The summed E-state index contributed by atoms with van der Waals surface area (Å²) in [6.45, 7) is 4.51. The second-order valence-electron chi connectivity index (χ2n) is 8.14. The van der Waals surface area contributed by atoms with E-state index in [2.05, 4.69) is 5.16 Å². The largest absolute Gasteiger partial charge is 0.491 e. The monoisotopic (exact) mass is 477 g/mol. The van der Waals surface area contributed by atoms with E-state index in [9.17, 15) is 4.79 Å². The number of nitrogens with zero attached hydrogens (tertiary/aromatic N) is 1. The molecule has 3 rings (SSSR count). The lowest BCUT2D eigenvalue weighted by Gasteiger charge is -2.16. The first kappa shape index (κ1) is 25.6. The van der Waals surface area contributed by atoms with E-state index in [1.807, 2.05) is 86.6 Å². The molecule has 0 bridgehead atoms. The average molecular weight is 478 g/mol. The van der Waals surface area contributed by atoms with Crippen molar-refractivity contribution in [1.82, 2.24) is 0 Å². The Morgan fingerprint density at radius 1 is 0.943 bits per heavy atom. The van der Waals surface area contributed by atoms with Crippen molar-refractivity contribution in [1.29, 1.82) is 0 Å². The number of hydrogen-bond donors (Lipinski definition) is 1. The van der Waals surface area contributed by atoms with E-state index in [-0.39, 0.29) is 19.1 Å². The lowest BCUT2D eigenvalue weighted by Crippen LogP contribution is -2.13. The van der Waals surface area contributed by atoms with Crippen molar-refractivity contribution < 1.29 is 28.9 Å². The van der Waals surface area contributed by atoms with E-state index >= 15 is 0 Å². The molecule has 0 fully saturated rings. The molecule has 0 atom stereocenters. The maximum Gasteiger partial charge on any atom is 0.303 e. The SMILES string of the molecule is CON=C(COc1ccc(COc2ccc(CCC(=O)O)c(OC(C)C)c2)cc1)c1ccccc1. The molecule has 7 heteroatoms. The quantitative estimate of drug-likeness (QED) is 0.258. The molecule has 0 aliphatic heterocycles. The Labute approximate surface area is 205 Å². The molecule has 184 valence electrons. The van der Waals surface area contributed by atoms with Crippen LogP contribution < -0.4 is 14.2 Å². The number of aliphatic carboxylic acids is 1. The van der Waals surface area contributed by atoms with Crippen molar-refractivity contribution in [3.8, 4) is 17.2 Å². The number of benzene rings is 3. The summed E-state index contributed by atoms with van der Waals surface area (Å²) in [5, 5.41) is 13.1. The van der Waals surface area contributed by atoms with Crippen molar-refractivity contribution in [2.24, 2.45) is 5.16 Å². The molecule has 0 saturated carbocycles. The Morgan fingerprint density at radius 2 is 1.66 bits per heavy atom. The molecule has 1 N–H and O–H groups in total. The van der Waals surface area contributed by atoms with Crippen molar-refractivity contribution in [3.63, 3.8) is 0 Å². The first-order chi connectivity index (χ1) is 16.9. The van der Waals surface area contributed by atoms with Crippen LogP contribution in [0.15, 0.2) is 78.0 Å². The normalized spacial score (nSPS) is 11.3. The number of rotatable bonds is 13. The molecule has 0 heterocycles. The number of oxime groups is 1. The van der Waals surface area contributed by atoms with Crippen LogP contribution in [0.4, 0.5) is 0 Å². The van der Waals surface area contributed by atoms with Crippen LogP contribution in [-0.2, 0) is 22.7 Å². The van der Waals surface area contributed by atoms with Gasteiger partial charge in [-0.05, 0) is 49.6 Å². The van der Waals surface area contributed by atoms with Crippen LogP contribution in [0.2, 0.25) is 0 Å². The van der Waals surface area contributed by atoms with Gasteiger partial charge in [-0.25, -0.2) is 0 Å². The Kier molecular flexibility index (Phi) is 9.54. The van der Waals surface area contributed by atoms with Gasteiger partial charge in [-0.1, -0.05) is 53.7 Å². The number of aryl methyl sites for hydroxylation is 1. The Morgan fingerprint density at radius 3 is 2.31 bits per heavy atom. The molecule has 0 unspecified atom stereocenters. The van der Waals surface area contributed by atoms with Gasteiger partial charge in [0.2, 0.25) is 0 Å². The van der Waals surface area contributed by atoms with Gasteiger partial charge in [-0.3, -0.25) is 4.79 Å². The maximum atomic E-state index is 10.9. The standard InChI is InChI=1S/C28H31NO6/c1-20(2)35-27-17-25(15-11-23(27)12-16-28(30)31)33-18-21-9-13-24(14-10-21)34-19-26(29-32-3)22-7-5-4-6-8-22/h4-11,13-15,17,20H,12,16,18-19H2,1-3H3,(H,30,31). The minimum Gasteiger partial charge on any atom is -0.491 e. The number of carbonyl (C=O) groups is 1. The smallest absolute Gasteiger partial charge is 0.303 e. The van der Waals surface area contributed by atoms with Crippen LogP contribution in [0, 0.1) is 0 Å². The number of carboxylic acids is 1. The number of hydrogen-bond acceptors (Lipinski definition) is 6. The topological polar surface area (TPSA) is 86.6 Å². The Bertz CT molecular complexity index is 1110. The maximum absolute atomic E-state index is 10.9. The van der Waals surface area contributed by atoms with Crippen LogP contribution in [0.3, 0.4) is 0 Å². The highest BCUT2D eigenvalue weighted by atomic mass is 16.6. The van der Waals surface area contributed by atoms with Gasteiger partial charge in [0.1, 0.15) is 43.3 Å². The van der Waals surface area contributed by atoms with Gasteiger partial charge in [0.25, 0.3) is 0 Å². The van der Waals surface area contributed by atoms with Gasteiger partial charge in [0.15, 0.2) is 0 Å². The zero-order valence-electron chi connectivity index (χ0n) is 20.3. The molecular formula is C28H31NO6. The molecule has 0 aliphatic rings. The van der Waals surface area contributed by atoms with Crippen LogP contribution >= 0.6 is 0 Å². The first-order valence-electron chi connectivity index (χ1n) is 11.5. The number of carboxylic acid groups (broad SMARTS) is 1. The predicted molar refractivity (Wildman–Crippen MR) is 134 cm³/mol. The highest BCUT2D eigenvalue weighted by Crippen LogP contribution is 2.28. The summed E-state index contributed by atoms with van der Waals surface area (Å²) in [4.78, 5) is 15.9. The Hall–Kier alpha value is -4.00. The molecule has 0 radical (unpaired) electrons. The van der Waals surface area contributed by atoms with Crippen LogP contribution in [-0.4, -0.2) is 36.6 Å². The Balaban J connectivity index is 1.58. The molecule has 0 saturated heterocycles. The zero-order chi connectivity index (χ0) is 25.0. The van der Waals surface area contributed by atoms with Gasteiger partial charge in [-0.15, -0.1) is 0 Å². The fourth-order valence-electron chi connectivity index (χ4n) is 3.34. The zero-order valence-corrected chi connectivity index (χ0v) is 20.3. The molecule has 0 spiro atoms. The van der Waals surface area contributed by atoms with Crippen LogP contribution in [0.1, 0.15) is 37.0 Å². The second-order valence-corrected chi connectivity index (χ2v) is 8.14. The summed E-state index contributed by atoms with van der Waals surface area (Å²) in [5.74, 6) is 1.18. The molecule has 35 heavy (non-hydrogen) atoms. The van der Waals surface area contributed by atoms with E-state index in [0.717, 1.165) is 16.7 Å². The minimum atomic E-state index is -0.837. The third-order valence-corrected chi connectivity index (χ3v) is 5.02. The van der Waals surface area contributed by atoms with Gasteiger partial charge in [0.05, 0.1) is 6.10 Å². The highest BCUT2D eigenvalue weighted by molar-refractivity contribution is 6.01. The minimum absolute atomic E-state index is 0.0299. The van der Waals surface area contributed by atoms with Gasteiger partial charge >= 0.3 is 5.97 Å². The van der Waals surface area contributed by atoms with E-state index in [0.29, 0.717) is 36.0 Å². The van der Waals surface area contributed by atoms with Gasteiger partial charge in [-0.2, -0.15) is 0 Å². The van der Waals surface area contributed by atoms with E-state index in [4.69, 9.17) is 24.2 Å². The fourth-order valence-corrected chi connectivity index (χ4v) is 3.34. The van der Waals surface area contributed by atoms with Crippen molar-refractivity contribution in [2.45, 2.75) is 39.4 Å². The van der Waals surface area contributed by atoms with Crippen LogP contribution in [0.5, 0.6) is 17.2 Å². The molecule has 0 amide bonds.